The maximum absolute atomic E-state index is 10.9. The van der Waals surface area contributed by atoms with Gasteiger partial charge in [0.05, 0.1) is 0 Å². The van der Waals surface area contributed by atoms with Crippen molar-refractivity contribution in [3.05, 3.63) is 0 Å². The number of carbonyl (C=O) groups excluding carboxylic acids is 1. The van der Waals surface area contributed by atoms with Crippen LogP contribution in [0.25, 0.3) is 0 Å². The van der Waals surface area contributed by atoms with Crippen molar-refractivity contribution in [3.8, 4) is 0 Å². The Kier molecular flexibility index (Phi) is 22.1. The Labute approximate surface area is 148 Å². The average Bonchev–Trinajstić information content (AvgIpc) is 2.43. The molecule has 0 unspecified atom stereocenters. The fourth-order valence-electron chi connectivity index (χ4n) is 2.38. The van der Waals surface area contributed by atoms with E-state index >= 15 is 0 Å². The molecule has 0 aliphatic heterocycles. The quantitative estimate of drug-likeness (QED) is 0.167. The fraction of sp³-hybridized carbons (Fsp3) is 0.938. The molecule has 0 spiro atoms. The topological polar surface area (TPSA) is 55.1 Å². The second kappa shape index (κ2) is 19.4. The Morgan fingerprint density at radius 2 is 1.10 bits per heavy atom. The minimum Gasteiger partial charge on any atom is -0.294 e. The van der Waals surface area contributed by atoms with Crippen LogP contribution in [0.5, 0.6) is 0 Å². The Morgan fingerprint density at radius 1 is 0.750 bits per heavy atom. The van der Waals surface area contributed by atoms with E-state index in [2.05, 4.69) is 12.3 Å². The number of nitrogens with two attached hydrogens (primary N) is 1. The third-order valence-electron chi connectivity index (χ3n) is 3.67. The van der Waals surface area contributed by atoms with Gasteiger partial charge in [-0.25, -0.2) is 5.84 Å². The van der Waals surface area contributed by atoms with Crippen LogP contribution in [0, 0.1) is 0 Å². The van der Waals surface area contributed by atoms with E-state index in [0.717, 1.165) is 12.8 Å². The summed E-state index contributed by atoms with van der Waals surface area (Å²) < 4.78 is 0. The molecule has 0 bridgehead atoms. The van der Waals surface area contributed by atoms with Crippen LogP contribution in [0.2, 0.25) is 0 Å². The van der Waals surface area contributed by atoms with Gasteiger partial charge in [-0.2, -0.15) is 0 Å². The van der Waals surface area contributed by atoms with Crippen LogP contribution < -0.4 is 11.3 Å². The van der Waals surface area contributed by atoms with Crippen molar-refractivity contribution in [2.75, 3.05) is 0 Å². The van der Waals surface area contributed by atoms with Gasteiger partial charge in [0.1, 0.15) is 0 Å². The number of amides is 1. The van der Waals surface area contributed by atoms with Gasteiger partial charge in [0.25, 0.3) is 0 Å². The van der Waals surface area contributed by atoms with Crippen molar-refractivity contribution >= 4 is 35.5 Å². The summed E-state index contributed by atoms with van der Waals surface area (Å²) in [4.78, 5) is 10.9. The number of unbranched alkanes of at least 4 members (excludes halogenated alkanes) is 12. The average molecular weight is 293 g/mol. The first-order valence-electron chi connectivity index (χ1n) is 8.30. The molecule has 0 heterocycles. The number of hydrogen-bond donors (Lipinski definition) is 2. The third kappa shape index (κ3) is 18.4. The first kappa shape index (κ1) is 22.7. The molecule has 20 heavy (non-hydrogen) atoms. The normalized spacial score (nSPS) is 10.1. The summed E-state index contributed by atoms with van der Waals surface area (Å²) in [7, 11) is 0. The molecular formula is C16H34N2NaO. The van der Waals surface area contributed by atoms with Crippen LogP contribution in [0.4, 0.5) is 0 Å². The van der Waals surface area contributed by atoms with Crippen LogP contribution in [0.15, 0.2) is 0 Å². The van der Waals surface area contributed by atoms with Crippen molar-refractivity contribution in [1.29, 1.82) is 0 Å². The molecule has 1 amide bonds. The van der Waals surface area contributed by atoms with Crippen LogP contribution in [-0.2, 0) is 4.79 Å². The maximum atomic E-state index is 10.9. The van der Waals surface area contributed by atoms with Crippen molar-refractivity contribution in [3.63, 3.8) is 0 Å². The van der Waals surface area contributed by atoms with Crippen LogP contribution in [0.3, 0.4) is 0 Å². The van der Waals surface area contributed by atoms with Crippen LogP contribution in [-0.4, -0.2) is 35.5 Å². The van der Waals surface area contributed by atoms with E-state index in [1.807, 2.05) is 0 Å². The Hall–Kier alpha value is 0.430. The van der Waals surface area contributed by atoms with E-state index in [4.69, 9.17) is 5.84 Å². The number of nitrogens with one attached hydrogen (secondary N) is 1. The van der Waals surface area contributed by atoms with Crippen LogP contribution in [0.1, 0.15) is 96.8 Å². The fourth-order valence-corrected chi connectivity index (χ4v) is 2.38. The van der Waals surface area contributed by atoms with E-state index in [9.17, 15) is 4.79 Å². The van der Waals surface area contributed by atoms with Gasteiger partial charge in [-0.3, -0.25) is 10.2 Å². The SMILES string of the molecule is CCCCCCCCCCCCCCCC(=O)NN.[Na]. The summed E-state index contributed by atoms with van der Waals surface area (Å²) in [5, 5.41) is 0. The van der Waals surface area contributed by atoms with Gasteiger partial charge in [0, 0.05) is 36.0 Å². The van der Waals surface area contributed by atoms with E-state index in [1.165, 1.54) is 70.6 Å². The van der Waals surface area contributed by atoms with Crippen molar-refractivity contribution in [1.82, 2.24) is 5.43 Å². The molecule has 0 aromatic heterocycles. The number of hydrazine groups is 1. The minimum absolute atomic E-state index is 0. The molecule has 4 heteroatoms. The van der Waals surface area contributed by atoms with Gasteiger partial charge in [-0.1, -0.05) is 84.0 Å². The van der Waals surface area contributed by atoms with Gasteiger partial charge in [-0.05, 0) is 6.42 Å². The van der Waals surface area contributed by atoms with Gasteiger partial charge in [0.15, 0.2) is 0 Å². The largest absolute Gasteiger partial charge is 0.294 e. The van der Waals surface area contributed by atoms with Crippen molar-refractivity contribution in [2.45, 2.75) is 96.8 Å². The zero-order valence-electron chi connectivity index (χ0n) is 13.9. The smallest absolute Gasteiger partial charge is 0.233 e. The van der Waals surface area contributed by atoms with Gasteiger partial charge in [0.2, 0.25) is 5.91 Å². The van der Waals surface area contributed by atoms with Gasteiger partial charge >= 0.3 is 0 Å². The molecule has 3 N–H and O–H groups in total. The number of rotatable bonds is 14. The molecule has 0 aliphatic carbocycles. The predicted molar refractivity (Wildman–Crippen MR) is 88.4 cm³/mol. The molecule has 0 saturated carbocycles. The Bertz CT molecular complexity index is 201. The minimum atomic E-state index is -0.0388. The molecular weight excluding hydrogens is 259 g/mol. The summed E-state index contributed by atoms with van der Waals surface area (Å²) in [5.74, 6) is 4.98. The molecule has 3 nitrogen and oxygen atoms in total. The summed E-state index contributed by atoms with van der Waals surface area (Å²) >= 11 is 0. The van der Waals surface area contributed by atoms with Crippen molar-refractivity contribution in [2.24, 2.45) is 5.84 Å². The molecule has 0 aliphatic rings. The Balaban J connectivity index is 0. The number of carbonyl (C=O) groups is 1. The standard InChI is InChI=1S/C16H34N2O.Na/c1-2-3-4-5-6-7-8-9-10-11-12-13-14-15-16(19)18-17;/h2-15,17H2,1H3,(H,18,19);. The zero-order chi connectivity index (χ0) is 14.2. The first-order valence-corrected chi connectivity index (χ1v) is 8.30. The summed E-state index contributed by atoms with van der Waals surface area (Å²) in [5.41, 5.74) is 2.17. The van der Waals surface area contributed by atoms with Gasteiger partial charge < -0.3 is 0 Å². The predicted octanol–water partition coefficient (Wildman–Crippen LogP) is 4.08. The summed E-state index contributed by atoms with van der Waals surface area (Å²) in [6, 6.07) is 0. The summed E-state index contributed by atoms with van der Waals surface area (Å²) in [6.45, 7) is 2.27. The first-order chi connectivity index (χ1) is 9.31. The number of hydrogen-bond acceptors (Lipinski definition) is 2. The molecule has 0 aromatic carbocycles. The van der Waals surface area contributed by atoms with Crippen molar-refractivity contribution < 1.29 is 4.79 Å². The molecule has 0 rings (SSSR count). The second-order valence-electron chi connectivity index (χ2n) is 5.56. The monoisotopic (exact) mass is 293 g/mol. The zero-order valence-corrected chi connectivity index (χ0v) is 15.9. The van der Waals surface area contributed by atoms with Gasteiger partial charge in [-0.15, -0.1) is 0 Å². The molecule has 0 atom stereocenters. The molecule has 0 saturated heterocycles. The summed E-state index contributed by atoms with van der Waals surface area (Å²) in [6.07, 6.45) is 17.9. The Morgan fingerprint density at radius 3 is 1.45 bits per heavy atom. The van der Waals surface area contributed by atoms with E-state index in [-0.39, 0.29) is 35.5 Å². The van der Waals surface area contributed by atoms with E-state index in [0.29, 0.717) is 6.42 Å². The van der Waals surface area contributed by atoms with E-state index in [1.54, 1.807) is 0 Å². The molecule has 0 aromatic rings. The van der Waals surface area contributed by atoms with E-state index < -0.39 is 0 Å². The molecule has 0 fully saturated rings. The molecule has 1 radical (unpaired) electrons. The van der Waals surface area contributed by atoms with Crippen LogP contribution >= 0.6 is 0 Å². The third-order valence-corrected chi connectivity index (χ3v) is 3.67. The maximum Gasteiger partial charge on any atom is 0.233 e. The molecule has 115 valence electrons. The second-order valence-corrected chi connectivity index (χ2v) is 5.56.